The van der Waals surface area contributed by atoms with E-state index in [1.165, 1.54) is 18.7 Å². The van der Waals surface area contributed by atoms with Gasteiger partial charge in [-0.1, -0.05) is 11.8 Å². The molecule has 0 aliphatic rings. The Kier molecular flexibility index (Phi) is 4.20. The van der Waals surface area contributed by atoms with E-state index >= 15 is 0 Å². The zero-order valence-electron chi connectivity index (χ0n) is 11.3. The van der Waals surface area contributed by atoms with Gasteiger partial charge in [0, 0.05) is 11.8 Å². The molecule has 1 aromatic carbocycles. The molecule has 2 aromatic rings. The summed E-state index contributed by atoms with van der Waals surface area (Å²) < 4.78 is 5.15. The fourth-order valence-corrected chi connectivity index (χ4v) is 2.69. The third-order valence-electron chi connectivity index (χ3n) is 3.02. The summed E-state index contributed by atoms with van der Waals surface area (Å²) >= 11 is 1.45. The average Bonchev–Trinajstić information content (AvgIpc) is 2.79. The number of aliphatic carboxylic acids is 1. The number of H-pyrrole nitrogens is 1. The molecule has 20 heavy (non-hydrogen) atoms. The normalized spacial score (nSPS) is 14.2. The third kappa shape index (κ3) is 3.23. The van der Waals surface area contributed by atoms with E-state index < -0.39 is 11.5 Å². The van der Waals surface area contributed by atoms with Crippen LogP contribution in [-0.4, -0.2) is 39.4 Å². The van der Waals surface area contributed by atoms with Gasteiger partial charge >= 0.3 is 5.97 Å². The first-order valence-electron chi connectivity index (χ1n) is 6.11. The van der Waals surface area contributed by atoms with Gasteiger partial charge in [-0.3, -0.25) is 4.79 Å². The van der Waals surface area contributed by atoms with Crippen molar-refractivity contribution in [3.8, 4) is 5.75 Å². The van der Waals surface area contributed by atoms with Crippen LogP contribution in [0.2, 0.25) is 0 Å². The number of ether oxygens (including phenoxy) is 1. The number of rotatable bonds is 6. The molecule has 0 fully saturated rings. The molecule has 0 spiro atoms. The number of carboxylic acid groups (broad SMARTS) is 1. The van der Waals surface area contributed by atoms with Crippen molar-refractivity contribution in [2.45, 2.75) is 24.0 Å². The SMILES string of the molecule is COc1ccc2nc(SCCC(C)(N)C(=O)O)[nH]c2c1. The second-order valence-corrected chi connectivity index (χ2v) is 5.83. The van der Waals surface area contributed by atoms with Gasteiger partial charge in [-0.05, 0) is 25.5 Å². The lowest BCUT2D eigenvalue weighted by atomic mass is 10.0. The van der Waals surface area contributed by atoms with Crippen LogP contribution in [0.3, 0.4) is 0 Å². The van der Waals surface area contributed by atoms with Crippen molar-refractivity contribution in [2.24, 2.45) is 5.73 Å². The van der Waals surface area contributed by atoms with E-state index in [0.29, 0.717) is 12.2 Å². The van der Waals surface area contributed by atoms with Crippen molar-refractivity contribution >= 4 is 28.8 Å². The Hall–Kier alpha value is -1.73. The Morgan fingerprint density at radius 1 is 1.60 bits per heavy atom. The number of carbonyl (C=O) groups is 1. The molecule has 108 valence electrons. The number of hydrogen-bond donors (Lipinski definition) is 3. The number of methoxy groups -OCH3 is 1. The minimum absolute atomic E-state index is 0.368. The maximum atomic E-state index is 10.9. The zero-order chi connectivity index (χ0) is 14.8. The fourth-order valence-electron chi connectivity index (χ4n) is 1.63. The molecule has 0 amide bonds. The second kappa shape index (κ2) is 5.72. The molecule has 0 bridgehead atoms. The molecular weight excluding hydrogens is 278 g/mol. The number of nitrogens with one attached hydrogen (secondary N) is 1. The summed E-state index contributed by atoms with van der Waals surface area (Å²) in [6, 6.07) is 5.59. The number of carboxylic acids is 1. The molecule has 0 saturated carbocycles. The molecule has 0 aliphatic heterocycles. The molecule has 4 N–H and O–H groups in total. The number of aromatic nitrogens is 2. The first-order chi connectivity index (χ1) is 9.42. The van der Waals surface area contributed by atoms with Crippen LogP contribution < -0.4 is 10.5 Å². The molecule has 1 atom stereocenters. The first kappa shape index (κ1) is 14.7. The minimum Gasteiger partial charge on any atom is -0.497 e. The highest BCUT2D eigenvalue weighted by Crippen LogP contribution is 2.24. The van der Waals surface area contributed by atoms with E-state index in [9.17, 15) is 4.79 Å². The maximum Gasteiger partial charge on any atom is 0.323 e. The van der Waals surface area contributed by atoms with Crippen LogP contribution >= 0.6 is 11.8 Å². The lowest BCUT2D eigenvalue weighted by Gasteiger charge is -2.17. The third-order valence-corrected chi connectivity index (χ3v) is 3.89. The van der Waals surface area contributed by atoms with Crippen LogP contribution in [-0.2, 0) is 4.79 Å². The Bertz CT molecular complexity index is 624. The first-order valence-corrected chi connectivity index (χ1v) is 7.10. The summed E-state index contributed by atoms with van der Waals surface area (Å²) in [7, 11) is 1.61. The standard InChI is InChI=1S/C13H17N3O3S/c1-13(14,11(17)18)5-6-20-12-15-9-4-3-8(19-2)7-10(9)16-12/h3-4,7H,5-6,14H2,1-2H3,(H,15,16)(H,17,18). The molecule has 0 saturated heterocycles. The van der Waals surface area contributed by atoms with Crippen LogP contribution in [0.4, 0.5) is 0 Å². The number of thioether (sulfide) groups is 1. The van der Waals surface area contributed by atoms with Gasteiger partial charge in [0.05, 0.1) is 18.1 Å². The Morgan fingerprint density at radius 3 is 3.00 bits per heavy atom. The number of imidazole rings is 1. The van der Waals surface area contributed by atoms with Crippen molar-refractivity contribution in [2.75, 3.05) is 12.9 Å². The number of hydrogen-bond acceptors (Lipinski definition) is 5. The molecule has 1 unspecified atom stereocenters. The van der Waals surface area contributed by atoms with Crippen LogP contribution in [0, 0.1) is 0 Å². The largest absolute Gasteiger partial charge is 0.497 e. The quantitative estimate of drug-likeness (QED) is 0.703. The van der Waals surface area contributed by atoms with Gasteiger partial charge in [0.2, 0.25) is 0 Å². The van der Waals surface area contributed by atoms with Crippen LogP contribution in [0.5, 0.6) is 5.75 Å². The van der Waals surface area contributed by atoms with Crippen molar-refractivity contribution in [3.63, 3.8) is 0 Å². The minimum atomic E-state index is -1.21. The molecule has 1 aromatic heterocycles. The van der Waals surface area contributed by atoms with E-state index in [-0.39, 0.29) is 0 Å². The smallest absolute Gasteiger partial charge is 0.323 e. The monoisotopic (exact) mass is 295 g/mol. The highest BCUT2D eigenvalue weighted by atomic mass is 32.2. The average molecular weight is 295 g/mol. The van der Waals surface area contributed by atoms with E-state index in [4.69, 9.17) is 15.6 Å². The zero-order valence-corrected chi connectivity index (χ0v) is 12.2. The van der Waals surface area contributed by atoms with Gasteiger partial charge in [0.1, 0.15) is 11.3 Å². The summed E-state index contributed by atoms with van der Waals surface area (Å²) in [6.07, 6.45) is 0.368. The number of benzene rings is 1. The summed E-state index contributed by atoms with van der Waals surface area (Å²) in [5.41, 5.74) is 6.21. The van der Waals surface area contributed by atoms with Gasteiger partial charge in [-0.15, -0.1) is 0 Å². The van der Waals surface area contributed by atoms with Gasteiger partial charge in [-0.2, -0.15) is 0 Å². The number of aromatic amines is 1. The molecule has 6 nitrogen and oxygen atoms in total. The number of nitrogens with zero attached hydrogens (tertiary/aromatic N) is 1. The Labute approximate surface area is 120 Å². The topological polar surface area (TPSA) is 101 Å². The van der Waals surface area contributed by atoms with E-state index in [1.807, 2.05) is 18.2 Å². The molecule has 7 heteroatoms. The lowest BCUT2D eigenvalue weighted by Crippen LogP contribution is -2.45. The Morgan fingerprint density at radius 2 is 2.35 bits per heavy atom. The summed E-state index contributed by atoms with van der Waals surface area (Å²) in [4.78, 5) is 18.5. The molecule has 0 aliphatic carbocycles. The van der Waals surface area contributed by atoms with Crippen LogP contribution in [0.15, 0.2) is 23.4 Å². The number of nitrogens with two attached hydrogens (primary N) is 1. The highest BCUT2D eigenvalue weighted by Gasteiger charge is 2.27. The molecule has 1 heterocycles. The van der Waals surface area contributed by atoms with Crippen LogP contribution in [0.1, 0.15) is 13.3 Å². The molecule has 2 rings (SSSR count). The number of fused-ring (bicyclic) bond motifs is 1. The van der Waals surface area contributed by atoms with Crippen molar-refractivity contribution < 1.29 is 14.6 Å². The summed E-state index contributed by atoms with van der Waals surface area (Å²) in [5.74, 6) is 0.349. The van der Waals surface area contributed by atoms with E-state index in [0.717, 1.165) is 21.9 Å². The summed E-state index contributed by atoms with van der Waals surface area (Å²) in [5, 5.41) is 9.68. The Balaban J connectivity index is 2.02. The van der Waals surface area contributed by atoms with E-state index in [1.54, 1.807) is 7.11 Å². The predicted octanol–water partition coefficient (Wildman–Crippen LogP) is 1.86. The second-order valence-electron chi connectivity index (χ2n) is 4.75. The van der Waals surface area contributed by atoms with Crippen molar-refractivity contribution in [1.82, 2.24) is 9.97 Å². The van der Waals surface area contributed by atoms with Crippen molar-refractivity contribution in [1.29, 1.82) is 0 Å². The summed E-state index contributed by atoms with van der Waals surface area (Å²) in [6.45, 7) is 1.51. The van der Waals surface area contributed by atoms with Crippen molar-refractivity contribution in [3.05, 3.63) is 18.2 Å². The van der Waals surface area contributed by atoms with Gasteiger partial charge in [0.25, 0.3) is 0 Å². The molecular formula is C13H17N3O3S. The lowest BCUT2D eigenvalue weighted by molar-refractivity contribution is -0.142. The predicted molar refractivity (Wildman–Crippen MR) is 78.2 cm³/mol. The van der Waals surface area contributed by atoms with Gasteiger partial charge in [-0.25, -0.2) is 4.98 Å². The highest BCUT2D eigenvalue weighted by molar-refractivity contribution is 7.99. The van der Waals surface area contributed by atoms with Gasteiger partial charge < -0.3 is 20.6 Å². The maximum absolute atomic E-state index is 10.9. The van der Waals surface area contributed by atoms with Gasteiger partial charge in [0.15, 0.2) is 5.16 Å². The fraction of sp³-hybridized carbons (Fsp3) is 0.385. The molecule has 0 radical (unpaired) electrons. The van der Waals surface area contributed by atoms with E-state index in [2.05, 4.69) is 9.97 Å². The van der Waals surface area contributed by atoms with Crippen LogP contribution in [0.25, 0.3) is 11.0 Å².